The first-order chi connectivity index (χ1) is 13.4. The van der Waals surface area contributed by atoms with Crippen molar-refractivity contribution in [2.24, 2.45) is 5.92 Å². The largest absolute Gasteiger partial charge is 0.467 e. The van der Waals surface area contributed by atoms with E-state index in [1.165, 1.54) is 7.11 Å². The Morgan fingerprint density at radius 1 is 1.36 bits per heavy atom. The normalized spacial score (nSPS) is 12.3. The Bertz CT molecular complexity index is 979. The molecule has 8 heteroatoms. The van der Waals surface area contributed by atoms with Gasteiger partial charge in [-0.3, -0.25) is 4.79 Å². The van der Waals surface area contributed by atoms with Crippen molar-refractivity contribution in [3.63, 3.8) is 0 Å². The lowest BCUT2D eigenvalue weighted by Crippen LogP contribution is -2.42. The van der Waals surface area contributed by atoms with Gasteiger partial charge in [0.15, 0.2) is 5.65 Å². The van der Waals surface area contributed by atoms with E-state index in [1.807, 2.05) is 38.3 Å². The van der Waals surface area contributed by atoms with Crippen LogP contribution in [0.4, 0.5) is 0 Å². The summed E-state index contributed by atoms with van der Waals surface area (Å²) in [5.41, 5.74) is 1.82. The molecule has 0 saturated heterocycles. The van der Waals surface area contributed by atoms with Crippen LogP contribution in [-0.2, 0) is 16.1 Å². The average Bonchev–Trinajstić information content (AvgIpc) is 3.30. The van der Waals surface area contributed by atoms with E-state index in [1.54, 1.807) is 28.3 Å². The molecule has 0 saturated carbocycles. The number of fused-ring (bicyclic) bond motifs is 1. The zero-order valence-corrected chi connectivity index (χ0v) is 17.2. The van der Waals surface area contributed by atoms with E-state index in [9.17, 15) is 9.59 Å². The molecule has 7 nitrogen and oxygen atoms in total. The van der Waals surface area contributed by atoms with Gasteiger partial charge in [0.1, 0.15) is 6.04 Å². The van der Waals surface area contributed by atoms with Gasteiger partial charge in [-0.2, -0.15) is 5.10 Å². The zero-order chi connectivity index (χ0) is 20.3. The van der Waals surface area contributed by atoms with E-state index < -0.39 is 12.0 Å². The first-order valence-corrected chi connectivity index (χ1v) is 10.0. The van der Waals surface area contributed by atoms with Gasteiger partial charge in [0, 0.05) is 10.6 Å². The van der Waals surface area contributed by atoms with E-state index in [0.29, 0.717) is 35.3 Å². The minimum Gasteiger partial charge on any atom is -0.467 e. The van der Waals surface area contributed by atoms with Crippen molar-refractivity contribution in [1.29, 1.82) is 0 Å². The highest BCUT2D eigenvalue weighted by atomic mass is 32.1. The van der Waals surface area contributed by atoms with Gasteiger partial charge in [0.2, 0.25) is 0 Å². The monoisotopic (exact) mass is 400 g/mol. The number of amides is 1. The molecule has 0 radical (unpaired) electrons. The molecule has 28 heavy (non-hydrogen) atoms. The molecule has 1 unspecified atom stereocenters. The highest BCUT2D eigenvalue weighted by Crippen LogP contribution is 2.21. The van der Waals surface area contributed by atoms with Crippen molar-refractivity contribution in [3.05, 3.63) is 45.9 Å². The second-order valence-electron chi connectivity index (χ2n) is 7.11. The topological polar surface area (TPSA) is 86.1 Å². The first kappa shape index (κ1) is 20.0. The maximum absolute atomic E-state index is 13.0. The third-order valence-electron chi connectivity index (χ3n) is 4.37. The zero-order valence-electron chi connectivity index (χ0n) is 16.4. The number of pyridine rings is 1. The molecule has 1 N–H and O–H groups in total. The molecule has 3 rings (SSSR count). The summed E-state index contributed by atoms with van der Waals surface area (Å²) >= 11 is 1.64. The molecular weight excluding hydrogens is 376 g/mol. The summed E-state index contributed by atoms with van der Waals surface area (Å²) in [7, 11) is 1.32. The number of aromatic nitrogens is 3. The van der Waals surface area contributed by atoms with Crippen LogP contribution in [0.1, 0.15) is 41.2 Å². The second kappa shape index (κ2) is 8.52. The van der Waals surface area contributed by atoms with Gasteiger partial charge in [0.05, 0.1) is 30.8 Å². The number of carbonyl (C=O) groups is 2. The molecule has 1 atom stereocenters. The number of esters is 1. The molecule has 1 amide bonds. The molecule has 0 fully saturated rings. The van der Waals surface area contributed by atoms with Gasteiger partial charge in [-0.1, -0.05) is 19.9 Å². The molecule has 0 aromatic carbocycles. The lowest BCUT2D eigenvalue weighted by atomic mass is 10.0. The molecule has 0 aliphatic heterocycles. The summed E-state index contributed by atoms with van der Waals surface area (Å²) < 4.78 is 6.63. The molecule has 0 aliphatic carbocycles. The summed E-state index contributed by atoms with van der Waals surface area (Å²) in [6, 6.07) is 5.06. The van der Waals surface area contributed by atoms with Crippen molar-refractivity contribution in [2.75, 3.05) is 7.11 Å². The fourth-order valence-electron chi connectivity index (χ4n) is 3.09. The lowest BCUT2D eigenvalue weighted by molar-refractivity contribution is -0.143. The van der Waals surface area contributed by atoms with Gasteiger partial charge in [-0.25, -0.2) is 14.5 Å². The third-order valence-corrected chi connectivity index (χ3v) is 5.23. The number of ether oxygens (including phenoxy) is 1. The average molecular weight is 401 g/mol. The molecule has 0 aliphatic rings. The van der Waals surface area contributed by atoms with Gasteiger partial charge in [-0.05, 0) is 36.8 Å². The summed E-state index contributed by atoms with van der Waals surface area (Å²) in [5.74, 6) is -0.545. The minimum atomic E-state index is -0.692. The highest BCUT2D eigenvalue weighted by molar-refractivity contribution is 7.09. The van der Waals surface area contributed by atoms with E-state index >= 15 is 0 Å². The van der Waals surface area contributed by atoms with Crippen LogP contribution in [0.5, 0.6) is 0 Å². The Labute approximate surface area is 167 Å². The Morgan fingerprint density at radius 3 is 2.79 bits per heavy atom. The van der Waals surface area contributed by atoms with Crippen molar-refractivity contribution < 1.29 is 14.3 Å². The van der Waals surface area contributed by atoms with Crippen LogP contribution in [0.2, 0.25) is 0 Å². The van der Waals surface area contributed by atoms with Crippen molar-refractivity contribution >= 4 is 34.2 Å². The molecule has 3 aromatic rings. The first-order valence-electron chi connectivity index (χ1n) is 9.13. The van der Waals surface area contributed by atoms with E-state index in [-0.39, 0.29) is 11.8 Å². The van der Waals surface area contributed by atoms with E-state index in [0.717, 1.165) is 4.88 Å². The Kier molecular flexibility index (Phi) is 6.08. The maximum Gasteiger partial charge on any atom is 0.328 e. The van der Waals surface area contributed by atoms with Crippen LogP contribution >= 0.6 is 11.3 Å². The van der Waals surface area contributed by atoms with Crippen LogP contribution < -0.4 is 5.32 Å². The van der Waals surface area contributed by atoms with Crippen LogP contribution in [0, 0.1) is 12.8 Å². The predicted molar refractivity (Wildman–Crippen MR) is 108 cm³/mol. The summed E-state index contributed by atoms with van der Waals surface area (Å²) in [6.45, 7) is 6.42. The Balaban J connectivity index is 1.92. The molecule has 3 aromatic heterocycles. The fraction of sp³-hybridized carbons (Fsp3) is 0.400. The smallest absolute Gasteiger partial charge is 0.328 e. The predicted octanol–water partition coefficient (Wildman–Crippen LogP) is 3.17. The van der Waals surface area contributed by atoms with Gasteiger partial charge in [-0.15, -0.1) is 11.3 Å². The molecule has 0 spiro atoms. The molecule has 148 valence electrons. The Hall–Kier alpha value is -2.74. The SMILES string of the molecule is COC(=O)C(CC(C)C)NC(=O)c1cc(C)nc2c1cnn2Cc1cccs1. The number of methoxy groups -OCH3 is 1. The van der Waals surface area contributed by atoms with Gasteiger partial charge < -0.3 is 10.1 Å². The second-order valence-corrected chi connectivity index (χ2v) is 8.14. The van der Waals surface area contributed by atoms with Gasteiger partial charge in [0.25, 0.3) is 5.91 Å². The Morgan fingerprint density at radius 2 is 2.14 bits per heavy atom. The lowest BCUT2D eigenvalue weighted by Gasteiger charge is -2.18. The van der Waals surface area contributed by atoms with Crippen molar-refractivity contribution in [2.45, 2.75) is 39.8 Å². The number of carbonyl (C=O) groups excluding carboxylic acids is 2. The number of hydrogen-bond donors (Lipinski definition) is 1. The number of thiophene rings is 1. The molecule has 3 heterocycles. The molecule has 0 bridgehead atoms. The van der Waals surface area contributed by atoms with Crippen LogP contribution in [0.25, 0.3) is 11.0 Å². The van der Waals surface area contributed by atoms with E-state index in [2.05, 4.69) is 15.4 Å². The number of rotatable bonds is 7. The third kappa shape index (κ3) is 4.39. The number of hydrogen-bond acceptors (Lipinski definition) is 6. The summed E-state index contributed by atoms with van der Waals surface area (Å²) in [6.07, 6.45) is 2.16. The highest BCUT2D eigenvalue weighted by Gasteiger charge is 2.25. The molecular formula is C20H24N4O3S. The maximum atomic E-state index is 13.0. The quantitative estimate of drug-likeness (QED) is 0.616. The number of aryl methyl sites for hydroxylation is 1. The summed E-state index contributed by atoms with van der Waals surface area (Å²) in [4.78, 5) is 30.8. The van der Waals surface area contributed by atoms with Crippen LogP contribution in [-0.4, -0.2) is 39.8 Å². The van der Waals surface area contributed by atoms with Gasteiger partial charge >= 0.3 is 5.97 Å². The van der Waals surface area contributed by atoms with Crippen molar-refractivity contribution in [3.8, 4) is 0 Å². The van der Waals surface area contributed by atoms with Crippen LogP contribution in [0.15, 0.2) is 29.8 Å². The fourth-order valence-corrected chi connectivity index (χ4v) is 3.78. The summed E-state index contributed by atoms with van der Waals surface area (Å²) in [5, 5.41) is 9.91. The van der Waals surface area contributed by atoms with E-state index in [4.69, 9.17) is 4.74 Å². The number of nitrogens with zero attached hydrogens (tertiary/aromatic N) is 3. The number of nitrogens with one attached hydrogen (secondary N) is 1. The van der Waals surface area contributed by atoms with Crippen molar-refractivity contribution in [1.82, 2.24) is 20.1 Å². The minimum absolute atomic E-state index is 0.233. The standard InChI is InChI=1S/C20H24N4O3S/c1-12(2)8-17(20(26)27-4)23-19(25)15-9-13(3)22-18-16(15)10-21-24(18)11-14-6-5-7-28-14/h5-7,9-10,12,17H,8,11H2,1-4H3,(H,23,25). The van der Waals surface area contributed by atoms with Crippen LogP contribution in [0.3, 0.4) is 0 Å².